The number of sulfonamides is 1. The molecule has 0 amide bonds. The van der Waals surface area contributed by atoms with Crippen LogP contribution in [-0.4, -0.2) is 65.3 Å². The number of carbonyl (C=O) groups is 1. The Morgan fingerprint density at radius 2 is 1.84 bits per heavy atom. The Labute approximate surface area is 149 Å². The van der Waals surface area contributed by atoms with E-state index < -0.39 is 16.0 Å². The maximum absolute atomic E-state index is 12.5. The average Bonchev–Trinajstić information content (AvgIpc) is 2.62. The molecule has 1 N–H and O–H groups in total. The molecular weight excluding hydrogens is 344 g/mol. The van der Waals surface area contributed by atoms with Gasteiger partial charge in [0.1, 0.15) is 0 Å². The van der Waals surface area contributed by atoms with Crippen LogP contribution in [-0.2, 0) is 19.5 Å². The Balaban J connectivity index is 2.05. The summed E-state index contributed by atoms with van der Waals surface area (Å²) >= 11 is 0. The summed E-state index contributed by atoms with van der Waals surface area (Å²) in [6.07, 6.45) is 0. The van der Waals surface area contributed by atoms with E-state index in [1.807, 2.05) is 0 Å². The third-order valence-corrected chi connectivity index (χ3v) is 5.79. The number of carbonyl (C=O) groups excluding carboxylic acids is 1. The number of esters is 1. The van der Waals surface area contributed by atoms with Crippen LogP contribution >= 0.6 is 0 Å². The Bertz CT molecular complexity index is 667. The van der Waals surface area contributed by atoms with Gasteiger partial charge in [-0.3, -0.25) is 4.90 Å². The van der Waals surface area contributed by atoms with Gasteiger partial charge in [0.25, 0.3) is 0 Å². The molecule has 0 aliphatic carbocycles. The highest BCUT2D eigenvalue weighted by atomic mass is 32.2. The number of methoxy groups -OCH3 is 1. The predicted molar refractivity (Wildman–Crippen MR) is 94.0 cm³/mol. The van der Waals surface area contributed by atoms with Crippen LogP contribution in [0.25, 0.3) is 0 Å². The largest absolute Gasteiger partial charge is 0.465 e. The zero-order valence-corrected chi connectivity index (χ0v) is 15.7. The van der Waals surface area contributed by atoms with Crippen molar-refractivity contribution in [2.45, 2.75) is 24.8 Å². The summed E-state index contributed by atoms with van der Waals surface area (Å²) in [5.41, 5.74) is 0.315. The highest BCUT2D eigenvalue weighted by Gasteiger charge is 2.26. The molecule has 1 saturated heterocycles. The van der Waals surface area contributed by atoms with Gasteiger partial charge in [0.15, 0.2) is 0 Å². The molecule has 1 aliphatic rings. The van der Waals surface area contributed by atoms with Gasteiger partial charge in [0.2, 0.25) is 10.0 Å². The van der Waals surface area contributed by atoms with Gasteiger partial charge in [-0.05, 0) is 30.2 Å². The van der Waals surface area contributed by atoms with Gasteiger partial charge in [-0.15, -0.1) is 0 Å². The SMILES string of the molecule is COC(=O)c1ccc(S(=O)(=O)NC[C@@H](C(C)C)N2CCOCC2)cc1. The van der Waals surface area contributed by atoms with Gasteiger partial charge in [-0.2, -0.15) is 0 Å². The summed E-state index contributed by atoms with van der Waals surface area (Å²) in [4.78, 5) is 13.8. The summed E-state index contributed by atoms with van der Waals surface area (Å²) in [5.74, 6) is -0.188. The molecule has 1 atom stereocenters. The van der Waals surface area contributed by atoms with E-state index in [0.717, 1.165) is 13.1 Å². The van der Waals surface area contributed by atoms with Crippen LogP contribution in [0.2, 0.25) is 0 Å². The van der Waals surface area contributed by atoms with Crippen LogP contribution in [0.15, 0.2) is 29.2 Å². The Kier molecular flexibility index (Phi) is 6.95. The van der Waals surface area contributed by atoms with Crippen LogP contribution in [0.3, 0.4) is 0 Å². The first-order chi connectivity index (χ1) is 11.8. The number of morpholine rings is 1. The predicted octanol–water partition coefficient (Wildman–Crippen LogP) is 1.11. The van der Waals surface area contributed by atoms with Crippen molar-refractivity contribution < 1.29 is 22.7 Å². The second kappa shape index (κ2) is 8.75. The quantitative estimate of drug-likeness (QED) is 0.724. The van der Waals surface area contributed by atoms with Crippen molar-refractivity contribution >= 4 is 16.0 Å². The van der Waals surface area contributed by atoms with Crippen LogP contribution in [0.1, 0.15) is 24.2 Å². The molecule has 0 unspecified atom stereocenters. The highest BCUT2D eigenvalue weighted by molar-refractivity contribution is 7.89. The van der Waals surface area contributed by atoms with Crippen molar-refractivity contribution in [3.8, 4) is 0 Å². The highest BCUT2D eigenvalue weighted by Crippen LogP contribution is 2.15. The van der Waals surface area contributed by atoms with Crippen molar-refractivity contribution in [1.82, 2.24) is 9.62 Å². The molecule has 1 aromatic carbocycles. The van der Waals surface area contributed by atoms with Gasteiger partial charge in [-0.1, -0.05) is 13.8 Å². The molecule has 0 spiro atoms. The minimum atomic E-state index is -3.64. The molecule has 2 rings (SSSR count). The van der Waals surface area contributed by atoms with Crippen molar-refractivity contribution in [2.24, 2.45) is 5.92 Å². The van der Waals surface area contributed by atoms with E-state index in [0.29, 0.717) is 31.2 Å². The van der Waals surface area contributed by atoms with E-state index in [-0.39, 0.29) is 10.9 Å². The number of benzene rings is 1. The number of rotatable bonds is 7. The fourth-order valence-corrected chi connectivity index (χ4v) is 3.91. The standard InChI is InChI=1S/C17H26N2O5S/c1-13(2)16(19-8-10-24-11-9-19)12-18-25(21,22)15-6-4-14(5-7-15)17(20)23-3/h4-7,13,16,18H,8-12H2,1-3H3/t16-/m0/s1. The minimum Gasteiger partial charge on any atom is -0.465 e. The van der Waals surface area contributed by atoms with Gasteiger partial charge >= 0.3 is 5.97 Å². The van der Waals surface area contributed by atoms with Crippen molar-refractivity contribution in [3.05, 3.63) is 29.8 Å². The van der Waals surface area contributed by atoms with Crippen molar-refractivity contribution in [2.75, 3.05) is 40.0 Å². The lowest BCUT2D eigenvalue weighted by Gasteiger charge is -2.36. The minimum absolute atomic E-state index is 0.105. The van der Waals surface area contributed by atoms with Crippen LogP contribution < -0.4 is 4.72 Å². The van der Waals surface area contributed by atoms with Gasteiger partial charge in [0.05, 0.1) is 30.8 Å². The molecule has 1 fully saturated rings. The molecule has 7 nitrogen and oxygen atoms in total. The summed E-state index contributed by atoms with van der Waals surface area (Å²) in [6, 6.07) is 5.82. The van der Waals surface area contributed by atoms with E-state index in [1.165, 1.54) is 31.4 Å². The zero-order valence-electron chi connectivity index (χ0n) is 14.9. The molecular formula is C17H26N2O5S. The maximum Gasteiger partial charge on any atom is 0.337 e. The molecule has 25 heavy (non-hydrogen) atoms. The monoisotopic (exact) mass is 370 g/mol. The second-order valence-corrected chi connectivity index (χ2v) is 8.09. The number of nitrogens with zero attached hydrogens (tertiary/aromatic N) is 1. The lowest BCUT2D eigenvalue weighted by molar-refractivity contribution is 0.00776. The molecule has 0 saturated carbocycles. The normalized spacial score (nSPS) is 17.4. The van der Waals surface area contributed by atoms with Gasteiger partial charge < -0.3 is 9.47 Å². The summed E-state index contributed by atoms with van der Waals surface area (Å²) in [5, 5.41) is 0. The summed E-state index contributed by atoms with van der Waals surface area (Å²) in [6.45, 7) is 7.45. The second-order valence-electron chi connectivity index (χ2n) is 6.33. The molecule has 0 aromatic heterocycles. The lowest BCUT2D eigenvalue weighted by Crippen LogP contribution is -2.51. The number of nitrogens with one attached hydrogen (secondary N) is 1. The molecule has 0 radical (unpaired) electrons. The molecule has 8 heteroatoms. The Hall–Kier alpha value is -1.48. The van der Waals surface area contributed by atoms with E-state index in [1.54, 1.807) is 0 Å². The summed E-state index contributed by atoms with van der Waals surface area (Å²) in [7, 11) is -2.35. The first kappa shape index (κ1) is 19.8. The smallest absolute Gasteiger partial charge is 0.337 e. The van der Waals surface area contributed by atoms with E-state index >= 15 is 0 Å². The number of ether oxygens (including phenoxy) is 2. The molecule has 0 bridgehead atoms. The van der Waals surface area contributed by atoms with Crippen molar-refractivity contribution in [3.63, 3.8) is 0 Å². The Morgan fingerprint density at radius 3 is 2.36 bits per heavy atom. The first-order valence-corrected chi connectivity index (χ1v) is 9.83. The fraction of sp³-hybridized carbons (Fsp3) is 0.588. The van der Waals surface area contributed by atoms with E-state index in [2.05, 4.69) is 28.2 Å². The van der Waals surface area contributed by atoms with Crippen molar-refractivity contribution in [1.29, 1.82) is 0 Å². The number of hydrogen-bond donors (Lipinski definition) is 1. The molecule has 1 aliphatic heterocycles. The molecule has 1 aromatic rings. The number of hydrogen-bond acceptors (Lipinski definition) is 6. The van der Waals surface area contributed by atoms with Crippen LogP contribution in [0.5, 0.6) is 0 Å². The molecule has 1 heterocycles. The zero-order chi connectivity index (χ0) is 18.4. The maximum atomic E-state index is 12.5. The Morgan fingerprint density at radius 1 is 1.24 bits per heavy atom. The third kappa shape index (κ3) is 5.24. The van der Waals surface area contributed by atoms with Crippen LogP contribution in [0, 0.1) is 5.92 Å². The fourth-order valence-electron chi connectivity index (χ4n) is 2.86. The van der Waals surface area contributed by atoms with E-state index in [4.69, 9.17) is 4.74 Å². The van der Waals surface area contributed by atoms with Crippen LogP contribution in [0.4, 0.5) is 0 Å². The average molecular weight is 370 g/mol. The van der Waals surface area contributed by atoms with Gasteiger partial charge in [0, 0.05) is 25.7 Å². The summed E-state index contributed by atoms with van der Waals surface area (Å²) < 4.78 is 37.7. The topological polar surface area (TPSA) is 84.9 Å². The van der Waals surface area contributed by atoms with Gasteiger partial charge in [-0.25, -0.2) is 17.9 Å². The van der Waals surface area contributed by atoms with E-state index in [9.17, 15) is 13.2 Å². The first-order valence-electron chi connectivity index (χ1n) is 8.35. The lowest BCUT2D eigenvalue weighted by atomic mass is 10.0. The molecule has 140 valence electrons. The third-order valence-electron chi connectivity index (χ3n) is 4.35.